The summed E-state index contributed by atoms with van der Waals surface area (Å²) in [5.74, 6) is 2.03. The van der Waals surface area contributed by atoms with Gasteiger partial charge in [-0.2, -0.15) is 4.98 Å². The lowest BCUT2D eigenvalue weighted by Gasteiger charge is -2.39. The maximum atomic E-state index is 12.8. The van der Waals surface area contributed by atoms with Crippen LogP contribution in [0.15, 0.2) is 4.52 Å². The van der Waals surface area contributed by atoms with Gasteiger partial charge in [-0.25, -0.2) is 4.79 Å². The summed E-state index contributed by atoms with van der Waals surface area (Å²) in [6, 6.07) is -0.201. The first-order valence-corrected chi connectivity index (χ1v) is 9.95. The fourth-order valence-electron chi connectivity index (χ4n) is 4.43. The molecule has 6 nitrogen and oxygen atoms in total. The minimum absolute atomic E-state index is 0.0118. The van der Waals surface area contributed by atoms with Crippen molar-refractivity contribution in [2.45, 2.75) is 77.2 Å². The molecule has 0 bridgehead atoms. The summed E-state index contributed by atoms with van der Waals surface area (Å²) in [4.78, 5) is 19.3. The molecule has 3 fully saturated rings. The quantitative estimate of drug-likeness (QED) is 0.894. The molecule has 0 aromatic carbocycles. The second-order valence-electron chi connectivity index (χ2n) is 8.63. The number of urea groups is 1. The normalized spacial score (nSPS) is 24.0. The van der Waals surface area contributed by atoms with Crippen molar-refractivity contribution >= 4 is 6.03 Å². The molecule has 0 unspecified atom stereocenters. The number of nitrogens with zero attached hydrogens (tertiary/aromatic N) is 3. The molecule has 2 amide bonds. The van der Waals surface area contributed by atoms with E-state index in [9.17, 15) is 4.79 Å². The molecule has 4 rings (SSSR count). The van der Waals surface area contributed by atoms with E-state index in [0.29, 0.717) is 17.2 Å². The molecule has 1 aliphatic heterocycles. The van der Waals surface area contributed by atoms with E-state index in [0.717, 1.165) is 44.6 Å². The SMILES string of the molecule is CC(C)[C@@H](NC(=O)N1CCC2(CCCC2)CC1)c1nc(C2CC2)no1. The minimum atomic E-state index is -0.213. The van der Waals surface area contributed by atoms with Crippen molar-refractivity contribution in [2.24, 2.45) is 11.3 Å². The van der Waals surface area contributed by atoms with Crippen molar-refractivity contribution in [3.8, 4) is 0 Å². The first-order valence-electron chi connectivity index (χ1n) is 9.95. The Hall–Kier alpha value is -1.59. The van der Waals surface area contributed by atoms with E-state index in [1.807, 2.05) is 4.90 Å². The Labute approximate surface area is 149 Å². The molecule has 1 spiro atoms. The summed E-state index contributed by atoms with van der Waals surface area (Å²) in [6.07, 6.45) is 10.0. The number of hydrogen-bond acceptors (Lipinski definition) is 4. The molecule has 1 N–H and O–H groups in total. The zero-order chi connectivity index (χ0) is 17.4. The summed E-state index contributed by atoms with van der Waals surface area (Å²) >= 11 is 0. The molecule has 138 valence electrons. The number of hydrogen-bond donors (Lipinski definition) is 1. The Morgan fingerprint density at radius 3 is 2.48 bits per heavy atom. The maximum Gasteiger partial charge on any atom is 0.318 e. The van der Waals surface area contributed by atoms with Gasteiger partial charge in [-0.1, -0.05) is 31.8 Å². The van der Waals surface area contributed by atoms with E-state index < -0.39 is 0 Å². The van der Waals surface area contributed by atoms with E-state index in [-0.39, 0.29) is 18.0 Å². The molecule has 1 atom stereocenters. The average molecular weight is 346 g/mol. The summed E-state index contributed by atoms with van der Waals surface area (Å²) < 4.78 is 5.46. The maximum absolute atomic E-state index is 12.8. The predicted molar refractivity (Wildman–Crippen MR) is 94.1 cm³/mol. The van der Waals surface area contributed by atoms with Gasteiger partial charge in [0.1, 0.15) is 6.04 Å². The average Bonchev–Trinajstić information content (AvgIpc) is 3.17. The van der Waals surface area contributed by atoms with Gasteiger partial charge >= 0.3 is 6.03 Å². The van der Waals surface area contributed by atoms with Gasteiger partial charge in [0.05, 0.1) is 0 Å². The number of piperidine rings is 1. The number of carbonyl (C=O) groups is 1. The fraction of sp³-hybridized carbons (Fsp3) is 0.842. The zero-order valence-corrected chi connectivity index (χ0v) is 15.5. The number of aromatic nitrogens is 2. The number of carbonyl (C=O) groups excluding carboxylic acids is 1. The van der Waals surface area contributed by atoms with Crippen LogP contribution in [0.3, 0.4) is 0 Å². The molecule has 6 heteroatoms. The van der Waals surface area contributed by atoms with Gasteiger partial charge < -0.3 is 14.7 Å². The number of rotatable bonds is 4. The standard InChI is InChI=1S/C19H30N4O2/c1-13(2)15(17-21-16(22-25-17)14-5-6-14)20-18(24)23-11-9-19(10-12-23)7-3-4-8-19/h13-15H,3-12H2,1-2H3,(H,20,24)/t15-/m1/s1. The van der Waals surface area contributed by atoms with Crippen LogP contribution in [0.25, 0.3) is 0 Å². The van der Waals surface area contributed by atoms with Crippen LogP contribution in [0.5, 0.6) is 0 Å². The van der Waals surface area contributed by atoms with Crippen LogP contribution >= 0.6 is 0 Å². The van der Waals surface area contributed by atoms with Gasteiger partial charge in [-0.05, 0) is 49.9 Å². The lowest BCUT2D eigenvalue weighted by atomic mass is 9.77. The van der Waals surface area contributed by atoms with E-state index in [1.54, 1.807) is 0 Å². The molecule has 1 aromatic rings. The van der Waals surface area contributed by atoms with Crippen molar-refractivity contribution in [3.63, 3.8) is 0 Å². The van der Waals surface area contributed by atoms with Crippen LogP contribution in [-0.2, 0) is 0 Å². The molecule has 3 aliphatic rings. The first-order chi connectivity index (χ1) is 12.1. The highest BCUT2D eigenvalue weighted by molar-refractivity contribution is 5.74. The molecule has 2 heterocycles. The zero-order valence-electron chi connectivity index (χ0n) is 15.5. The molecular weight excluding hydrogens is 316 g/mol. The van der Waals surface area contributed by atoms with Gasteiger partial charge in [0, 0.05) is 19.0 Å². The van der Waals surface area contributed by atoms with Gasteiger partial charge in [0.15, 0.2) is 5.82 Å². The Morgan fingerprint density at radius 2 is 1.88 bits per heavy atom. The highest BCUT2D eigenvalue weighted by atomic mass is 16.5. The highest BCUT2D eigenvalue weighted by Gasteiger charge is 2.39. The Morgan fingerprint density at radius 1 is 1.20 bits per heavy atom. The third-order valence-electron chi connectivity index (χ3n) is 6.39. The third-order valence-corrected chi connectivity index (χ3v) is 6.39. The van der Waals surface area contributed by atoms with Crippen LogP contribution in [0.4, 0.5) is 4.79 Å². The van der Waals surface area contributed by atoms with Crippen molar-refractivity contribution in [1.82, 2.24) is 20.4 Å². The van der Waals surface area contributed by atoms with E-state index in [2.05, 4.69) is 29.3 Å². The Bertz CT molecular complexity index is 607. The summed E-state index contributed by atoms with van der Waals surface area (Å²) in [5, 5.41) is 7.24. The number of likely N-dealkylation sites (tertiary alicyclic amines) is 1. The fourth-order valence-corrected chi connectivity index (χ4v) is 4.43. The summed E-state index contributed by atoms with van der Waals surface area (Å²) in [5.41, 5.74) is 0.528. The van der Waals surface area contributed by atoms with Crippen molar-refractivity contribution in [3.05, 3.63) is 11.7 Å². The topological polar surface area (TPSA) is 71.3 Å². The van der Waals surface area contributed by atoms with Gasteiger partial charge in [0.2, 0.25) is 5.89 Å². The number of amides is 2. The monoisotopic (exact) mass is 346 g/mol. The molecule has 0 radical (unpaired) electrons. The van der Waals surface area contributed by atoms with Gasteiger partial charge in [-0.3, -0.25) is 0 Å². The third kappa shape index (κ3) is 3.53. The van der Waals surface area contributed by atoms with Crippen molar-refractivity contribution < 1.29 is 9.32 Å². The molecule has 25 heavy (non-hydrogen) atoms. The van der Waals surface area contributed by atoms with Crippen LogP contribution in [-0.4, -0.2) is 34.2 Å². The van der Waals surface area contributed by atoms with Crippen LogP contribution in [0.2, 0.25) is 0 Å². The molecule has 2 saturated carbocycles. The second-order valence-corrected chi connectivity index (χ2v) is 8.63. The highest BCUT2D eigenvalue weighted by Crippen LogP contribution is 2.46. The van der Waals surface area contributed by atoms with Gasteiger partial charge in [-0.15, -0.1) is 0 Å². The minimum Gasteiger partial charge on any atom is -0.337 e. The van der Waals surface area contributed by atoms with Crippen molar-refractivity contribution in [2.75, 3.05) is 13.1 Å². The summed E-state index contributed by atoms with van der Waals surface area (Å²) in [7, 11) is 0. The largest absolute Gasteiger partial charge is 0.337 e. The van der Waals surface area contributed by atoms with E-state index in [4.69, 9.17) is 4.52 Å². The van der Waals surface area contributed by atoms with Crippen LogP contribution in [0, 0.1) is 11.3 Å². The van der Waals surface area contributed by atoms with Crippen LogP contribution in [0.1, 0.15) is 88.9 Å². The lowest BCUT2D eigenvalue weighted by molar-refractivity contribution is 0.116. The van der Waals surface area contributed by atoms with Gasteiger partial charge in [0.25, 0.3) is 0 Å². The molecule has 2 aliphatic carbocycles. The predicted octanol–water partition coefficient (Wildman–Crippen LogP) is 4.01. The Kier molecular flexibility index (Phi) is 4.46. The number of nitrogens with one attached hydrogen (secondary N) is 1. The van der Waals surface area contributed by atoms with E-state index in [1.165, 1.54) is 25.7 Å². The van der Waals surface area contributed by atoms with E-state index >= 15 is 0 Å². The second kappa shape index (κ2) is 6.61. The van der Waals surface area contributed by atoms with Crippen molar-refractivity contribution in [1.29, 1.82) is 0 Å². The molecular formula is C19H30N4O2. The smallest absolute Gasteiger partial charge is 0.318 e. The lowest BCUT2D eigenvalue weighted by Crippen LogP contribution is -2.48. The first kappa shape index (κ1) is 16.9. The molecule has 1 saturated heterocycles. The Balaban J connectivity index is 1.37. The van der Waals surface area contributed by atoms with Crippen LogP contribution < -0.4 is 5.32 Å². The summed E-state index contributed by atoms with van der Waals surface area (Å²) in [6.45, 7) is 5.90. The molecule has 1 aromatic heterocycles.